The van der Waals surface area contributed by atoms with Crippen LogP contribution in [0.3, 0.4) is 0 Å². The van der Waals surface area contributed by atoms with Crippen LogP contribution in [0.4, 0.5) is 4.39 Å². The van der Waals surface area contributed by atoms with Crippen molar-refractivity contribution in [1.29, 1.82) is 0 Å². The van der Waals surface area contributed by atoms with Gasteiger partial charge < -0.3 is 9.84 Å². The normalized spacial score (nSPS) is 11.2. The van der Waals surface area contributed by atoms with Crippen molar-refractivity contribution in [3.63, 3.8) is 0 Å². The van der Waals surface area contributed by atoms with Crippen LogP contribution in [0.5, 0.6) is 11.6 Å². The summed E-state index contributed by atoms with van der Waals surface area (Å²) in [6, 6.07) is 8.32. The number of hydrogen-bond acceptors (Lipinski definition) is 3. The molecule has 0 amide bonds. The van der Waals surface area contributed by atoms with Crippen molar-refractivity contribution in [3.05, 3.63) is 53.5 Å². The van der Waals surface area contributed by atoms with Gasteiger partial charge in [-0.15, -0.1) is 0 Å². The van der Waals surface area contributed by atoms with Gasteiger partial charge in [0, 0.05) is 11.5 Å². The van der Waals surface area contributed by atoms with Gasteiger partial charge in [0.05, 0.1) is 11.3 Å². The fourth-order valence-corrected chi connectivity index (χ4v) is 1.69. The summed E-state index contributed by atoms with van der Waals surface area (Å²) in [7, 11) is 0. The predicted molar refractivity (Wildman–Crippen MR) is 76.4 cm³/mol. The summed E-state index contributed by atoms with van der Waals surface area (Å²) in [5, 5.41) is 9.17. The van der Waals surface area contributed by atoms with Gasteiger partial charge in [-0.1, -0.05) is 20.8 Å². The summed E-state index contributed by atoms with van der Waals surface area (Å²) in [6.07, 6.45) is 0. The van der Waals surface area contributed by atoms with Crippen molar-refractivity contribution in [2.24, 2.45) is 0 Å². The van der Waals surface area contributed by atoms with Gasteiger partial charge in [0.25, 0.3) is 0 Å². The highest BCUT2D eigenvalue weighted by Gasteiger charge is 2.19. The fourth-order valence-electron chi connectivity index (χ4n) is 1.69. The largest absolute Gasteiger partial charge is 0.478 e. The van der Waals surface area contributed by atoms with E-state index < -0.39 is 5.97 Å². The second-order valence-corrected chi connectivity index (χ2v) is 5.69. The van der Waals surface area contributed by atoms with E-state index in [2.05, 4.69) is 4.98 Å². The third-order valence-electron chi connectivity index (χ3n) is 2.85. The average Bonchev–Trinajstić information content (AvgIpc) is 2.40. The Hall–Kier alpha value is -2.43. The van der Waals surface area contributed by atoms with Gasteiger partial charge in [-0.25, -0.2) is 14.2 Å². The van der Waals surface area contributed by atoms with Gasteiger partial charge in [-0.2, -0.15) is 0 Å². The van der Waals surface area contributed by atoms with Crippen molar-refractivity contribution in [1.82, 2.24) is 4.98 Å². The zero-order valence-electron chi connectivity index (χ0n) is 12.1. The maximum Gasteiger partial charge on any atom is 0.335 e. The smallest absolute Gasteiger partial charge is 0.335 e. The van der Waals surface area contributed by atoms with Crippen LogP contribution in [-0.2, 0) is 5.41 Å². The Kier molecular flexibility index (Phi) is 3.93. The van der Waals surface area contributed by atoms with Gasteiger partial charge in [0.1, 0.15) is 11.6 Å². The number of aromatic carboxylic acids is 1. The zero-order chi connectivity index (χ0) is 15.6. The third kappa shape index (κ3) is 3.78. The number of ether oxygens (including phenoxy) is 1. The molecule has 0 saturated carbocycles. The van der Waals surface area contributed by atoms with Gasteiger partial charge in [-0.3, -0.25) is 0 Å². The monoisotopic (exact) mass is 289 g/mol. The van der Waals surface area contributed by atoms with Crippen molar-refractivity contribution >= 4 is 5.97 Å². The fraction of sp³-hybridized carbons (Fsp3) is 0.250. The Morgan fingerprint density at radius 1 is 1.19 bits per heavy atom. The van der Waals surface area contributed by atoms with E-state index in [0.29, 0.717) is 11.4 Å². The molecule has 0 aliphatic heterocycles. The van der Waals surface area contributed by atoms with Gasteiger partial charge in [-0.05, 0) is 30.3 Å². The van der Waals surface area contributed by atoms with E-state index in [-0.39, 0.29) is 22.7 Å². The van der Waals surface area contributed by atoms with Gasteiger partial charge in [0.15, 0.2) is 0 Å². The molecule has 0 aliphatic rings. The molecule has 5 heteroatoms. The number of carboxylic acid groups (broad SMARTS) is 1. The van der Waals surface area contributed by atoms with E-state index in [9.17, 15) is 9.18 Å². The minimum absolute atomic E-state index is 0.104. The van der Waals surface area contributed by atoms with Crippen molar-refractivity contribution in [2.75, 3.05) is 0 Å². The Bertz CT molecular complexity index is 660. The van der Waals surface area contributed by atoms with Crippen molar-refractivity contribution in [2.45, 2.75) is 26.2 Å². The molecule has 0 aliphatic carbocycles. The molecule has 1 aromatic carbocycles. The lowest BCUT2D eigenvalue weighted by molar-refractivity contribution is 0.0696. The molecule has 0 fully saturated rings. The standard InChI is InChI=1S/C16H16FNO3/c1-16(2,3)13-8-10(15(19)20)9-14(18-13)21-12-6-4-11(17)5-7-12/h4-9H,1-3H3,(H,19,20). The summed E-state index contributed by atoms with van der Waals surface area (Å²) in [6.45, 7) is 5.80. The lowest BCUT2D eigenvalue weighted by Crippen LogP contribution is -2.15. The van der Waals surface area contributed by atoms with Crippen LogP contribution >= 0.6 is 0 Å². The van der Waals surface area contributed by atoms with Crippen LogP contribution in [0, 0.1) is 5.82 Å². The predicted octanol–water partition coefficient (Wildman–Crippen LogP) is 4.01. The maximum atomic E-state index is 12.9. The van der Waals surface area contributed by atoms with E-state index in [4.69, 9.17) is 9.84 Å². The van der Waals surface area contributed by atoms with Crippen LogP contribution in [0.2, 0.25) is 0 Å². The summed E-state index contributed by atoms with van der Waals surface area (Å²) in [4.78, 5) is 15.5. The quantitative estimate of drug-likeness (QED) is 0.927. The second-order valence-electron chi connectivity index (χ2n) is 5.69. The Labute approximate surface area is 122 Å². The Morgan fingerprint density at radius 3 is 2.33 bits per heavy atom. The van der Waals surface area contributed by atoms with Crippen molar-refractivity contribution in [3.8, 4) is 11.6 Å². The molecule has 1 N–H and O–H groups in total. The van der Waals surface area contributed by atoms with Crippen LogP contribution in [-0.4, -0.2) is 16.1 Å². The molecule has 0 atom stereocenters. The summed E-state index contributed by atoms with van der Waals surface area (Å²) in [5.41, 5.74) is 0.401. The van der Waals surface area contributed by atoms with Crippen LogP contribution in [0.1, 0.15) is 36.8 Å². The van der Waals surface area contributed by atoms with Gasteiger partial charge in [0.2, 0.25) is 5.88 Å². The topological polar surface area (TPSA) is 59.4 Å². The summed E-state index contributed by atoms with van der Waals surface area (Å²) in [5.74, 6) is -0.852. The number of rotatable bonds is 3. The molecule has 1 heterocycles. The molecule has 1 aromatic heterocycles. The van der Waals surface area contributed by atoms with Gasteiger partial charge >= 0.3 is 5.97 Å². The van der Waals surface area contributed by atoms with E-state index >= 15 is 0 Å². The molecule has 2 aromatic rings. The number of carboxylic acids is 1. The first-order chi connectivity index (χ1) is 9.75. The summed E-state index contributed by atoms with van der Waals surface area (Å²) >= 11 is 0. The highest BCUT2D eigenvalue weighted by Crippen LogP contribution is 2.27. The zero-order valence-corrected chi connectivity index (χ0v) is 12.1. The number of hydrogen-bond donors (Lipinski definition) is 1. The molecule has 21 heavy (non-hydrogen) atoms. The SMILES string of the molecule is CC(C)(C)c1cc(C(=O)O)cc(Oc2ccc(F)cc2)n1. The number of benzene rings is 1. The first-order valence-corrected chi connectivity index (χ1v) is 6.45. The summed E-state index contributed by atoms with van der Waals surface area (Å²) < 4.78 is 18.4. The second kappa shape index (κ2) is 5.52. The number of nitrogens with zero attached hydrogens (tertiary/aromatic N) is 1. The number of carbonyl (C=O) groups is 1. The van der Waals surface area contributed by atoms with Crippen LogP contribution in [0.25, 0.3) is 0 Å². The molecular weight excluding hydrogens is 273 g/mol. The number of pyridine rings is 1. The lowest BCUT2D eigenvalue weighted by atomic mass is 9.91. The molecule has 0 bridgehead atoms. The molecule has 2 rings (SSSR count). The molecule has 0 radical (unpaired) electrons. The van der Waals surface area contributed by atoms with Crippen LogP contribution in [0.15, 0.2) is 36.4 Å². The minimum Gasteiger partial charge on any atom is -0.478 e. The molecule has 110 valence electrons. The molecule has 4 nitrogen and oxygen atoms in total. The lowest BCUT2D eigenvalue weighted by Gasteiger charge is -2.19. The Balaban J connectivity index is 2.40. The van der Waals surface area contributed by atoms with E-state index in [1.807, 2.05) is 20.8 Å². The van der Waals surface area contributed by atoms with E-state index in [1.54, 1.807) is 0 Å². The molecule has 0 spiro atoms. The van der Waals surface area contributed by atoms with E-state index in [1.165, 1.54) is 36.4 Å². The minimum atomic E-state index is -1.05. The molecule has 0 unspecified atom stereocenters. The first kappa shape index (κ1) is 15.0. The highest BCUT2D eigenvalue weighted by molar-refractivity contribution is 5.88. The number of aromatic nitrogens is 1. The van der Waals surface area contributed by atoms with E-state index in [0.717, 1.165) is 0 Å². The Morgan fingerprint density at radius 2 is 1.81 bits per heavy atom. The van der Waals surface area contributed by atoms with Crippen LogP contribution < -0.4 is 4.74 Å². The highest BCUT2D eigenvalue weighted by atomic mass is 19.1. The molecular formula is C16H16FNO3. The molecule has 0 saturated heterocycles. The first-order valence-electron chi connectivity index (χ1n) is 6.45. The van der Waals surface area contributed by atoms with Crippen molar-refractivity contribution < 1.29 is 19.0 Å². The average molecular weight is 289 g/mol. The number of halogens is 1. The third-order valence-corrected chi connectivity index (χ3v) is 2.85. The maximum absolute atomic E-state index is 12.9.